The van der Waals surface area contributed by atoms with Crippen molar-refractivity contribution in [1.29, 1.82) is 0 Å². The maximum atomic E-state index is 12.4. The second kappa shape index (κ2) is 12.1. The third kappa shape index (κ3) is 7.52. The summed E-state index contributed by atoms with van der Waals surface area (Å²) in [5.41, 5.74) is 2.22. The van der Waals surface area contributed by atoms with Gasteiger partial charge in [0, 0.05) is 30.6 Å². The quantitative estimate of drug-likeness (QED) is 0.293. The number of nitrogens with zero attached hydrogens (tertiary/aromatic N) is 2. The Hall–Kier alpha value is -2.10. The van der Waals surface area contributed by atoms with Gasteiger partial charge in [0.15, 0.2) is 11.7 Å². The molecular formula is C23H34IN5O2. The van der Waals surface area contributed by atoms with Gasteiger partial charge in [-0.3, -0.25) is 9.79 Å². The Balaban J connectivity index is 0.00000341. The number of aliphatic imine (C=N–C) groups is 1. The molecule has 8 heteroatoms. The summed E-state index contributed by atoms with van der Waals surface area (Å²) in [5, 5.41) is 9.75. The van der Waals surface area contributed by atoms with E-state index in [1.807, 2.05) is 26.0 Å². The summed E-state index contributed by atoms with van der Waals surface area (Å²) in [7, 11) is 1.74. The molecule has 0 radical (unpaired) electrons. The van der Waals surface area contributed by atoms with E-state index in [-0.39, 0.29) is 47.9 Å². The highest BCUT2D eigenvalue weighted by atomic mass is 127. The second-order valence-electron chi connectivity index (χ2n) is 8.28. The van der Waals surface area contributed by atoms with Crippen LogP contribution in [0.2, 0.25) is 0 Å². The van der Waals surface area contributed by atoms with Crippen LogP contribution in [0.5, 0.6) is 0 Å². The number of nitrogens with one attached hydrogen (secondary N) is 3. The van der Waals surface area contributed by atoms with Gasteiger partial charge in [0.1, 0.15) is 0 Å². The number of carbonyl (C=O) groups excluding carboxylic acids is 1. The average Bonchev–Trinajstić information content (AvgIpc) is 3.20. The second-order valence-corrected chi connectivity index (χ2v) is 8.28. The van der Waals surface area contributed by atoms with Crippen molar-refractivity contribution in [3.05, 3.63) is 41.9 Å². The van der Waals surface area contributed by atoms with Crippen LogP contribution in [-0.2, 0) is 11.3 Å². The fourth-order valence-electron chi connectivity index (χ4n) is 3.75. The monoisotopic (exact) mass is 539 g/mol. The molecule has 2 atom stereocenters. The van der Waals surface area contributed by atoms with E-state index < -0.39 is 0 Å². The van der Waals surface area contributed by atoms with Gasteiger partial charge < -0.3 is 20.4 Å². The van der Waals surface area contributed by atoms with Crippen molar-refractivity contribution in [2.45, 2.75) is 65.1 Å². The zero-order valence-corrected chi connectivity index (χ0v) is 21.1. The first-order valence-corrected chi connectivity index (χ1v) is 10.7. The molecule has 1 aromatic heterocycles. The molecule has 7 nitrogen and oxygen atoms in total. The Bertz CT molecular complexity index is 863. The number of aromatic nitrogens is 1. The van der Waals surface area contributed by atoms with Crippen LogP contribution < -0.4 is 16.0 Å². The van der Waals surface area contributed by atoms with E-state index in [1.54, 1.807) is 13.2 Å². The number of aryl methyl sites for hydroxylation is 1. The van der Waals surface area contributed by atoms with Crippen LogP contribution in [0.3, 0.4) is 0 Å². The lowest BCUT2D eigenvalue weighted by atomic mass is 9.85. The van der Waals surface area contributed by atoms with Gasteiger partial charge in [-0.05, 0) is 40.0 Å². The van der Waals surface area contributed by atoms with Gasteiger partial charge in [-0.25, -0.2) is 4.98 Å². The summed E-state index contributed by atoms with van der Waals surface area (Å²) in [6.45, 7) is 6.49. The van der Waals surface area contributed by atoms with Gasteiger partial charge in [-0.2, -0.15) is 0 Å². The molecule has 0 aliphatic heterocycles. The minimum absolute atomic E-state index is 0. The number of carbonyl (C=O) groups is 1. The standard InChI is InChI=1S/C23H33N5O2.HI/c1-15(2)27-22(29)18-6-5-7-19(12-18)28-23(24-4)26-14-21-25-13-20(30-21)17-10-8-16(3)9-11-17;/h8-11,13,15,18-19H,5-7,12,14H2,1-4H3,(H,27,29)(H2,24,26,28);1H. The van der Waals surface area contributed by atoms with Crippen molar-refractivity contribution >= 4 is 35.8 Å². The molecule has 3 rings (SSSR count). The van der Waals surface area contributed by atoms with Crippen molar-refractivity contribution in [2.24, 2.45) is 10.9 Å². The van der Waals surface area contributed by atoms with Gasteiger partial charge in [-0.15, -0.1) is 24.0 Å². The molecule has 1 saturated carbocycles. The molecule has 2 unspecified atom stereocenters. The fraction of sp³-hybridized carbons (Fsp3) is 0.522. The van der Waals surface area contributed by atoms with Crippen LogP contribution in [-0.4, -0.2) is 36.0 Å². The Kier molecular flexibility index (Phi) is 9.80. The molecule has 1 aliphatic rings. The Morgan fingerprint density at radius 1 is 1.26 bits per heavy atom. The number of halogens is 1. The van der Waals surface area contributed by atoms with E-state index in [1.165, 1.54) is 5.56 Å². The van der Waals surface area contributed by atoms with Crippen molar-refractivity contribution in [3.63, 3.8) is 0 Å². The third-order valence-corrected chi connectivity index (χ3v) is 5.34. The van der Waals surface area contributed by atoms with Crippen LogP contribution in [0.15, 0.2) is 39.9 Å². The zero-order valence-electron chi connectivity index (χ0n) is 18.8. The SMILES string of the molecule is CN=C(NCc1ncc(-c2ccc(C)cc2)o1)NC1CCCC(C(=O)NC(C)C)C1.I. The molecule has 0 bridgehead atoms. The van der Waals surface area contributed by atoms with Crippen LogP contribution in [0, 0.1) is 12.8 Å². The van der Waals surface area contributed by atoms with E-state index in [9.17, 15) is 4.79 Å². The minimum atomic E-state index is 0. The molecule has 170 valence electrons. The predicted octanol–water partition coefficient (Wildman–Crippen LogP) is 4.02. The first-order chi connectivity index (χ1) is 14.4. The molecule has 1 aromatic carbocycles. The lowest BCUT2D eigenvalue weighted by Gasteiger charge is -2.30. The van der Waals surface area contributed by atoms with Crippen molar-refractivity contribution in [1.82, 2.24) is 20.9 Å². The fourth-order valence-corrected chi connectivity index (χ4v) is 3.75. The van der Waals surface area contributed by atoms with Crippen LogP contribution in [0.25, 0.3) is 11.3 Å². The Morgan fingerprint density at radius 3 is 2.68 bits per heavy atom. The lowest BCUT2D eigenvalue weighted by Crippen LogP contribution is -2.47. The Morgan fingerprint density at radius 2 is 2.00 bits per heavy atom. The lowest BCUT2D eigenvalue weighted by molar-refractivity contribution is -0.126. The molecule has 1 heterocycles. The minimum Gasteiger partial charge on any atom is -0.439 e. The summed E-state index contributed by atoms with van der Waals surface area (Å²) in [5.74, 6) is 2.26. The van der Waals surface area contributed by atoms with E-state index in [0.29, 0.717) is 18.4 Å². The summed E-state index contributed by atoms with van der Waals surface area (Å²) >= 11 is 0. The number of amides is 1. The Labute approximate surface area is 201 Å². The van der Waals surface area contributed by atoms with E-state index in [2.05, 4.69) is 45.0 Å². The van der Waals surface area contributed by atoms with E-state index in [0.717, 1.165) is 37.0 Å². The highest BCUT2D eigenvalue weighted by molar-refractivity contribution is 14.0. The summed E-state index contributed by atoms with van der Waals surface area (Å²) < 4.78 is 5.87. The van der Waals surface area contributed by atoms with Crippen molar-refractivity contribution < 1.29 is 9.21 Å². The number of hydrogen-bond acceptors (Lipinski definition) is 4. The van der Waals surface area contributed by atoms with Gasteiger partial charge in [-0.1, -0.05) is 36.2 Å². The molecule has 1 aliphatic carbocycles. The zero-order chi connectivity index (χ0) is 21.5. The first kappa shape index (κ1) is 25.2. The number of oxazole rings is 1. The van der Waals surface area contributed by atoms with Crippen LogP contribution in [0.1, 0.15) is 51.0 Å². The normalized spacial score (nSPS) is 18.9. The predicted molar refractivity (Wildman–Crippen MR) is 134 cm³/mol. The van der Waals surface area contributed by atoms with E-state index in [4.69, 9.17) is 4.42 Å². The highest BCUT2D eigenvalue weighted by Gasteiger charge is 2.28. The molecule has 3 N–H and O–H groups in total. The molecule has 1 fully saturated rings. The van der Waals surface area contributed by atoms with E-state index >= 15 is 0 Å². The number of hydrogen-bond donors (Lipinski definition) is 3. The van der Waals surface area contributed by atoms with Crippen LogP contribution in [0.4, 0.5) is 0 Å². The highest BCUT2D eigenvalue weighted by Crippen LogP contribution is 2.25. The third-order valence-electron chi connectivity index (χ3n) is 5.34. The first-order valence-electron chi connectivity index (χ1n) is 10.7. The average molecular weight is 539 g/mol. The molecule has 0 saturated heterocycles. The summed E-state index contributed by atoms with van der Waals surface area (Å²) in [6.07, 6.45) is 5.57. The van der Waals surface area contributed by atoms with Gasteiger partial charge in [0.2, 0.25) is 11.8 Å². The maximum absolute atomic E-state index is 12.4. The van der Waals surface area contributed by atoms with Crippen molar-refractivity contribution in [3.8, 4) is 11.3 Å². The smallest absolute Gasteiger partial charge is 0.223 e. The maximum Gasteiger partial charge on any atom is 0.223 e. The van der Waals surface area contributed by atoms with Gasteiger partial charge in [0.25, 0.3) is 0 Å². The summed E-state index contributed by atoms with van der Waals surface area (Å²) in [6, 6.07) is 8.57. The van der Waals surface area contributed by atoms with Gasteiger partial charge in [0.05, 0.1) is 12.7 Å². The molecule has 0 spiro atoms. The topological polar surface area (TPSA) is 91.6 Å². The van der Waals surface area contributed by atoms with Gasteiger partial charge >= 0.3 is 0 Å². The largest absolute Gasteiger partial charge is 0.439 e. The molecule has 1 amide bonds. The molecule has 2 aromatic rings. The number of benzene rings is 1. The summed E-state index contributed by atoms with van der Waals surface area (Å²) in [4.78, 5) is 21.0. The van der Waals surface area contributed by atoms with Crippen molar-refractivity contribution in [2.75, 3.05) is 7.05 Å². The number of guanidine groups is 1. The van der Waals surface area contributed by atoms with Crippen LogP contribution >= 0.6 is 24.0 Å². The molecule has 31 heavy (non-hydrogen) atoms. The molecular weight excluding hydrogens is 505 g/mol. The number of rotatable bonds is 6.